The third-order valence-electron chi connectivity index (χ3n) is 3.29. The van der Waals surface area contributed by atoms with Crippen LogP contribution in [0.5, 0.6) is 0 Å². The fraction of sp³-hybridized carbons (Fsp3) is 0.500. The molecule has 0 bridgehead atoms. The Morgan fingerprint density at radius 3 is 2.21 bits per heavy atom. The van der Waals surface area contributed by atoms with E-state index >= 15 is 0 Å². The van der Waals surface area contributed by atoms with Crippen molar-refractivity contribution in [3.63, 3.8) is 0 Å². The molecule has 1 saturated heterocycles. The number of nitrogen functional groups attached to an aromatic ring is 1. The molecule has 1 heterocycles. The number of nitrogens with two attached hydrogens (primary N) is 1. The molecule has 0 saturated carbocycles. The SMILES string of the molecule is Nc1ccc([C@@]2(O)O[C@H](CO)[C@@H](O)[C@H](O)[C@@H]2O)cc1. The highest BCUT2D eigenvalue weighted by Crippen LogP contribution is 2.36. The van der Waals surface area contributed by atoms with Crippen LogP contribution in [0.25, 0.3) is 0 Å². The van der Waals surface area contributed by atoms with Crippen molar-refractivity contribution >= 4 is 5.69 Å². The second kappa shape index (κ2) is 5.04. The summed E-state index contributed by atoms with van der Waals surface area (Å²) in [5.74, 6) is -2.22. The van der Waals surface area contributed by atoms with E-state index in [0.717, 1.165) is 0 Å². The molecule has 0 radical (unpaired) electrons. The second-order valence-electron chi connectivity index (χ2n) is 4.58. The van der Waals surface area contributed by atoms with Crippen molar-refractivity contribution in [2.24, 2.45) is 0 Å². The maximum atomic E-state index is 10.4. The Balaban J connectivity index is 2.37. The van der Waals surface area contributed by atoms with Crippen LogP contribution in [0.1, 0.15) is 5.56 Å². The number of hydrogen-bond donors (Lipinski definition) is 6. The van der Waals surface area contributed by atoms with E-state index in [1.165, 1.54) is 24.3 Å². The number of aliphatic hydroxyl groups is 5. The first kappa shape index (κ1) is 14.2. The zero-order chi connectivity index (χ0) is 14.2. The van der Waals surface area contributed by atoms with E-state index < -0.39 is 36.8 Å². The van der Waals surface area contributed by atoms with E-state index in [2.05, 4.69) is 0 Å². The lowest BCUT2D eigenvalue weighted by atomic mass is 9.88. The number of aliphatic hydroxyl groups excluding tert-OH is 4. The molecule has 5 atom stereocenters. The Bertz CT molecular complexity index is 436. The Hall–Kier alpha value is -1.22. The van der Waals surface area contributed by atoms with E-state index in [4.69, 9.17) is 15.6 Å². The number of ether oxygens (including phenoxy) is 1. The first-order valence-electron chi connectivity index (χ1n) is 5.81. The molecule has 7 heteroatoms. The largest absolute Gasteiger partial charge is 0.399 e. The van der Waals surface area contributed by atoms with Gasteiger partial charge in [-0.3, -0.25) is 0 Å². The monoisotopic (exact) mass is 271 g/mol. The van der Waals surface area contributed by atoms with Gasteiger partial charge in [-0.2, -0.15) is 0 Å². The van der Waals surface area contributed by atoms with Gasteiger partial charge in [-0.1, -0.05) is 12.1 Å². The maximum absolute atomic E-state index is 10.4. The molecule has 1 aromatic carbocycles. The summed E-state index contributed by atoms with van der Waals surface area (Å²) in [5, 5.41) is 48.7. The Labute approximate surface area is 109 Å². The summed E-state index contributed by atoms with van der Waals surface area (Å²) in [6, 6.07) is 5.85. The third kappa shape index (κ3) is 2.32. The molecule has 7 N–H and O–H groups in total. The van der Waals surface area contributed by atoms with E-state index in [9.17, 15) is 20.4 Å². The Morgan fingerprint density at radius 1 is 1.11 bits per heavy atom. The van der Waals surface area contributed by atoms with Gasteiger partial charge in [0.05, 0.1) is 6.61 Å². The van der Waals surface area contributed by atoms with Crippen molar-refractivity contribution in [2.75, 3.05) is 12.3 Å². The predicted molar refractivity (Wildman–Crippen MR) is 64.7 cm³/mol. The van der Waals surface area contributed by atoms with E-state index in [-0.39, 0.29) is 5.56 Å². The molecule has 0 amide bonds. The van der Waals surface area contributed by atoms with Crippen molar-refractivity contribution in [3.8, 4) is 0 Å². The van der Waals surface area contributed by atoms with Crippen molar-refractivity contribution < 1.29 is 30.3 Å². The molecule has 0 unspecified atom stereocenters. The van der Waals surface area contributed by atoms with Crippen LogP contribution in [0.3, 0.4) is 0 Å². The molecule has 106 valence electrons. The summed E-state index contributed by atoms with van der Waals surface area (Å²) in [5.41, 5.74) is 6.14. The van der Waals surface area contributed by atoms with Crippen LogP contribution in [0.15, 0.2) is 24.3 Å². The van der Waals surface area contributed by atoms with Gasteiger partial charge in [-0.25, -0.2) is 0 Å². The van der Waals surface area contributed by atoms with E-state index in [0.29, 0.717) is 5.69 Å². The maximum Gasteiger partial charge on any atom is 0.222 e. The molecule has 1 fully saturated rings. The van der Waals surface area contributed by atoms with Crippen LogP contribution in [0.2, 0.25) is 0 Å². The minimum atomic E-state index is -2.22. The van der Waals surface area contributed by atoms with Gasteiger partial charge in [0, 0.05) is 11.3 Å². The summed E-state index contributed by atoms with van der Waals surface area (Å²) in [6.07, 6.45) is -6.10. The number of anilines is 1. The van der Waals surface area contributed by atoms with Gasteiger partial charge >= 0.3 is 0 Å². The zero-order valence-electron chi connectivity index (χ0n) is 10.0. The number of hydrogen-bond acceptors (Lipinski definition) is 7. The molecule has 0 aliphatic carbocycles. The minimum Gasteiger partial charge on any atom is -0.399 e. The van der Waals surface area contributed by atoms with E-state index in [1.807, 2.05) is 0 Å². The lowest BCUT2D eigenvalue weighted by molar-refractivity contribution is -0.357. The molecule has 1 aromatic rings. The standard InChI is InChI=1S/C12H17NO6/c13-7-3-1-6(2-4-7)12(18)11(17)10(16)9(15)8(5-14)19-12/h1-4,8-11,14-18H,5,13H2/t8-,9-,10+,11+,12-/m1/s1. The lowest BCUT2D eigenvalue weighted by Crippen LogP contribution is -2.63. The average Bonchev–Trinajstić information content (AvgIpc) is 2.41. The quantitative estimate of drug-likeness (QED) is 0.339. The van der Waals surface area contributed by atoms with Gasteiger partial charge in [0.1, 0.15) is 24.4 Å². The van der Waals surface area contributed by atoms with Crippen LogP contribution in [0.4, 0.5) is 5.69 Å². The Kier molecular flexibility index (Phi) is 3.77. The van der Waals surface area contributed by atoms with Crippen molar-refractivity contribution in [2.45, 2.75) is 30.2 Å². The minimum absolute atomic E-state index is 0.165. The lowest BCUT2D eigenvalue weighted by Gasteiger charge is -2.45. The van der Waals surface area contributed by atoms with Gasteiger partial charge in [-0.15, -0.1) is 0 Å². The van der Waals surface area contributed by atoms with E-state index in [1.54, 1.807) is 0 Å². The molecule has 2 rings (SSSR count). The van der Waals surface area contributed by atoms with Gasteiger partial charge in [0.25, 0.3) is 0 Å². The first-order valence-corrected chi connectivity index (χ1v) is 5.81. The predicted octanol–water partition coefficient (Wildman–Crippen LogP) is -2.11. The third-order valence-corrected chi connectivity index (χ3v) is 3.29. The van der Waals surface area contributed by atoms with Crippen molar-refractivity contribution in [1.82, 2.24) is 0 Å². The van der Waals surface area contributed by atoms with Crippen LogP contribution in [-0.4, -0.2) is 56.6 Å². The fourth-order valence-electron chi connectivity index (χ4n) is 2.11. The van der Waals surface area contributed by atoms with Gasteiger partial charge < -0.3 is 36.0 Å². The summed E-state index contributed by atoms with van der Waals surface area (Å²) in [7, 11) is 0. The van der Waals surface area contributed by atoms with Crippen molar-refractivity contribution in [3.05, 3.63) is 29.8 Å². The van der Waals surface area contributed by atoms with Crippen LogP contribution in [-0.2, 0) is 10.5 Å². The highest BCUT2D eigenvalue weighted by atomic mass is 16.7. The fourth-order valence-corrected chi connectivity index (χ4v) is 2.11. The summed E-state index contributed by atoms with van der Waals surface area (Å²) >= 11 is 0. The summed E-state index contributed by atoms with van der Waals surface area (Å²) < 4.78 is 5.15. The van der Waals surface area contributed by atoms with Gasteiger partial charge in [0.2, 0.25) is 5.79 Å². The van der Waals surface area contributed by atoms with Gasteiger partial charge in [0.15, 0.2) is 0 Å². The zero-order valence-corrected chi connectivity index (χ0v) is 10.0. The summed E-state index contributed by atoms with van der Waals surface area (Å²) in [4.78, 5) is 0. The summed E-state index contributed by atoms with van der Waals surface area (Å²) in [6.45, 7) is -0.609. The normalized spacial score (nSPS) is 39.2. The highest BCUT2D eigenvalue weighted by molar-refractivity contribution is 5.41. The molecular formula is C12H17NO6. The molecular weight excluding hydrogens is 254 g/mol. The molecule has 7 nitrogen and oxygen atoms in total. The molecule has 1 aliphatic rings. The highest BCUT2D eigenvalue weighted by Gasteiger charge is 2.53. The molecule has 0 aromatic heterocycles. The van der Waals surface area contributed by atoms with Gasteiger partial charge in [-0.05, 0) is 12.1 Å². The average molecular weight is 271 g/mol. The van der Waals surface area contributed by atoms with Crippen molar-refractivity contribution in [1.29, 1.82) is 0 Å². The van der Waals surface area contributed by atoms with Crippen LogP contribution >= 0.6 is 0 Å². The molecule has 1 aliphatic heterocycles. The van der Waals surface area contributed by atoms with Crippen LogP contribution in [0, 0.1) is 0 Å². The Morgan fingerprint density at radius 2 is 1.68 bits per heavy atom. The smallest absolute Gasteiger partial charge is 0.222 e. The number of rotatable bonds is 2. The topological polar surface area (TPSA) is 136 Å². The number of benzene rings is 1. The van der Waals surface area contributed by atoms with Crippen LogP contribution < -0.4 is 5.73 Å². The molecule has 19 heavy (non-hydrogen) atoms. The second-order valence-corrected chi connectivity index (χ2v) is 4.58. The molecule has 0 spiro atoms. The first-order chi connectivity index (χ1) is 8.90.